The van der Waals surface area contributed by atoms with Crippen LogP contribution in [0.15, 0.2) is 53.9 Å². The molecule has 1 aromatic carbocycles. The third-order valence-corrected chi connectivity index (χ3v) is 5.36. The summed E-state index contributed by atoms with van der Waals surface area (Å²) in [6, 6.07) is 6.47. The number of benzene rings is 1. The van der Waals surface area contributed by atoms with Crippen molar-refractivity contribution in [3.63, 3.8) is 0 Å². The summed E-state index contributed by atoms with van der Waals surface area (Å²) < 4.78 is 17.6. The van der Waals surface area contributed by atoms with Gasteiger partial charge in [-0.3, -0.25) is 9.48 Å². The first-order chi connectivity index (χ1) is 15.0. The molecule has 0 unspecified atom stereocenters. The molecule has 3 aromatic heterocycles. The Hall–Kier alpha value is -3.53. The second-order valence-electron chi connectivity index (χ2n) is 6.99. The van der Waals surface area contributed by atoms with E-state index in [-0.39, 0.29) is 29.1 Å². The molecule has 0 atom stereocenters. The molecule has 0 aliphatic heterocycles. The van der Waals surface area contributed by atoms with Crippen LogP contribution in [0.1, 0.15) is 24.2 Å². The highest BCUT2D eigenvalue weighted by molar-refractivity contribution is 7.99. The lowest BCUT2D eigenvalue weighted by molar-refractivity contribution is -0.108. The number of rotatable bonds is 7. The lowest BCUT2D eigenvalue weighted by atomic mass is 10.1. The summed E-state index contributed by atoms with van der Waals surface area (Å²) in [4.78, 5) is 29.0. The van der Waals surface area contributed by atoms with Crippen molar-refractivity contribution in [2.45, 2.75) is 30.5 Å². The number of aldehydes is 1. The number of carbonyl (C=O) groups is 2. The summed E-state index contributed by atoms with van der Waals surface area (Å²) >= 11 is 1.59. The molecule has 0 spiro atoms. The van der Waals surface area contributed by atoms with Crippen molar-refractivity contribution in [2.75, 3.05) is 5.32 Å². The van der Waals surface area contributed by atoms with Crippen LogP contribution in [0.5, 0.6) is 0 Å². The third-order valence-electron chi connectivity index (χ3n) is 4.36. The number of anilines is 1. The number of aromatic nitrogens is 5. The quantitative estimate of drug-likeness (QED) is 0.349. The van der Waals surface area contributed by atoms with Gasteiger partial charge in [0.1, 0.15) is 23.4 Å². The molecule has 10 heteroatoms. The van der Waals surface area contributed by atoms with Crippen molar-refractivity contribution in [1.29, 1.82) is 0 Å². The lowest BCUT2D eigenvalue weighted by Crippen LogP contribution is -2.12. The van der Waals surface area contributed by atoms with E-state index in [1.165, 1.54) is 27.7 Å². The monoisotopic (exact) mass is 438 g/mol. The number of hydrogen-bond acceptors (Lipinski definition) is 6. The molecule has 0 radical (unpaired) electrons. The summed E-state index contributed by atoms with van der Waals surface area (Å²) in [7, 11) is 0. The standard InChI is InChI=1S/C21H19FN6O2S/c1-13(2)31-14-4-5-17(22)15(10-14)19-18(12-27(26-19)8-9-29)25-21(30)16-11-24-28-7-3-6-23-20(16)28/h3-7,9-13H,8H2,1-2H3,(H,25,30). The van der Waals surface area contributed by atoms with Crippen LogP contribution in [0.4, 0.5) is 10.1 Å². The Labute approximate surface area is 181 Å². The highest BCUT2D eigenvalue weighted by Gasteiger charge is 2.20. The molecule has 8 nitrogen and oxygen atoms in total. The Kier molecular flexibility index (Phi) is 5.81. The van der Waals surface area contributed by atoms with Crippen molar-refractivity contribution in [1.82, 2.24) is 24.4 Å². The van der Waals surface area contributed by atoms with Crippen LogP contribution >= 0.6 is 11.8 Å². The Morgan fingerprint density at radius 3 is 2.97 bits per heavy atom. The molecule has 0 fully saturated rings. The van der Waals surface area contributed by atoms with Crippen LogP contribution in [0, 0.1) is 5.82 Å². The fraction of sp³-hybridized carbons (Fsp3) is 0.190. The highest BCUT2D eigenvalue weighted by Crippen LogP contribution is 2.33. The zero-order chi connectivity index (χ0) is 22.0. The van der Waals surface area contributed by atoms with Gasteiger partial charge in [0, 0.05) is 34.3 Å². The Balaban J connectivity index is 1.73. The number of halogens is 1. The van der Waals surface area contributed by atoms with Crippen molar-refractivity contribution in [3.8, 4) is 11.3 Å². The number of hydrogen-bond donors (Lipinski definition) is 1. The van der Waals surface area contributed by atoms with Gasteiger partial charge < -0.3 is 10.1 Å². The number of nitrogens with zero attached hydrogens (tertiary/aromatic N) is 5. The van der Waals surface area contributed by atoms with Gasteiger partial charge in [-0.1, -0.05) is 13.8 Å². The molecule has 3 heterocycles. The Morgan fingerprint density at radius 2 is 2.19 bits per heavy atom. The van der Waals surface area contributed by atoms with E-state index in [4.69, 9.17) is 0 Å². The van der Waals surface area contributed by atoms with Crippen LogP contribution in [0.25, 0.3) is 16.9 Å². The zero-order valence-corrected chi connectivity index (χ0v) is 17.6. The summed E-state index contributed by atoms with van der Waals surface area (Å²) in [5.74, 6) is -0.939. The van der Waals surface area contributed by atoms with Gasteiger partial charge in [0.2, 0.25) is 0 Å². The minimum absolute atomic E-state index is 0.0246. The maximum absolute atomic E-state index is 14.7. The largest absolute Gasteiger partial charge is 0.319 e. The molecule has 0 aliphatic rings. The smallest absolute Gasteiger partial charge is 0.261 e. The minimum atomic E-state index is -0.474. The Morgan fingerprint density at radius 1 is 1.35 bits per heavy atom. The highest BCUT2D eigenvalue weighted by atomic mass is 32.2. The molecule has 4 aromatic rings. The molecule has 0 aliphatic carbocycles. The van der Waals surface area contributed by atoms with Gasteiger partial charge in [0.15, 0.2) is 5.65 Å². The Bertz CT molecular complexity index is 1270. The second kappa shape index (κ2) is 8.68. The van der Waals surface area contributed by atoms with E-state index < -0.39 is 11.7 Å². The van der Waals surface area contributed by atoms with E-state index in [1.54, 1.807) is 42.4 Å². The minimum Gasteiger partial charge on any atom is -0.319 e. The van der Waals surface area contributed by atoms with Gasteiger partial charge in [-0.15, -0.1) is 11.8 Å². The summed E-state index contributed by atoms with van der Waals surface area (Å²) in [5, 5.41) is 11.5. The normalized spacial score (nSPS) is 11.2. The van der Waals surface area contributed by atoms with E-state index in [9.17, 15) is 14.0 Å². The molecule has 0 saturated heterocycles. The first kappa shape index (κ1) is 20.7. The van der Waals surface area contributed by atoms with E-state index in [2.05, 4.69) is 20.5 Å². The van der Waals surface area contributed by atoms with Crippen molar-refractivity contribution < 1.29 is 14.0 Å². The lowest BCUT2D eigenvalue weighted by Gasteiger charge is -2.09. The van der Waals surface area contributed by atoms with E-state index in [0.29, 0.717) is 17.2 Å². The topological polar surface area (TPSA) is 94.2 Å². The molecule has 1 N–H and O–H groups in total. The maximum Gasteiger partial charge on any atom is 0.261 e. The summed E-state index contributed by atoms with van der Waals surface area (Å²) in [6.07, 6.45) is 6.84. The van der Waals surface area contributed by atoms with Crippen LogP contribution in [0.2, 0.25) is 0 Å². The number of nitrogens with one attached hydrogen (secondary N) is 1. The molecule has 158 valence electrons. The van der Waals surface area contributed by atoms with Gasteiger partial charge in [0.05, 0.1) is 18.4 Å². The SMILES string of the molecule is CC(C)Sc1ccc(F)c(-c2nn(CC=O)cc2NC(=O)c2cnn3cccnc23)c1. The molecule has 0 bridgehead atoms. The fourth-order valence-electron chi connectivity index (χ4n) is 3.09. The van der Waals surface area contributed by atoms with Crippen molar-refractivity contribution >= 4 is 35.3 Å². The predicted molar refractivity (Wildman–Crippen MR) is 116 cm³/mol. The van der Waals surface area contributed by atoms with Gasteiger partial charge in [0.25, 0.3) is 5.91 Å². The van der Waals surface area contributed by atoms with Crippen molar-refractivity contribution in [3.05, 3.63) is 60.4 Å². The predicted octanol–water partition coefficient (Wildman–Crippen LogP) is 3.68. The van der Waals surface area contributed by atoms with E-state index in [1.807, 2.05) is 13.8 Å². The fourth-order valence-corrected chi connectivity index (χ4v) is 3.97. The molecular weight excluding hydrogens is 419 g/mol. The zero-order valence-electron chi connectivity index (χ0n) is 16.8. The van der Waals surface area contributed by atoms with Gasteiger partial charge in [-0.05, 0) is 24.3 Å². The average molecular weight is 438 g/mol. The second-order valence-corrected chi connectivity index (χ2v) is 8.64. The molecule has 1 amide bonds. The van der Waals surface area contributed by atoms with E-state index in [0.717, 1.165) is 4.90 Å². The van der Waals surface area contributed by atoms with Crippen molar-refractivity contribution in [2.24, 2.45) is 0 Å². The molecular formula is C21H19FN6O2S. The van der Waals surface area contributed by atoms with Crippen LogP contribution in [0.3, 0.4) is 0 Å². The van der Waals surface area contributed by atoms with Crippen LogP contribution in [-0.2, 0) is 11.3 Å². The third kappa shape index (κ3) is 4.33. The molecule has 31 heavy (non-hydrogen) atoms. The van der Waals surface area contributed by atoms with Gasteiger partial charge >= 0.3 is 0 Å². The first-order valence-electron chi connectivity index (χ1n) is 9.53. The first-order valence-corrected chi connectivity index (χ1v) is 10.4. The maximum atomic E-state index is 14.7. The average Bonchev–Trinajstić information content (AvgIpc) is 3.33. The number of carbonyl (C=O) groups excluding carboxylic acids is 2. The van der Waals surface area contributed by atoms with Crippen LogP contribution in [-0.4, -0.2) is 41.8 Å². The molecule has 4 rings (SSSR count). The number of thioether (sulfide) groups is 1. The van der Waals surface area contributed by atoms with Gasteiger partial charge in [-0.25, -0.2) is 13.9 Å². The number of amides is 1. The number of fused-ring (bicyclic) bond motifs is 1. The van der Waals surface area contributed by atoms with Crippen LogP contribution < -0.4 is 5.32 Å². The van der Waals surface area contributed by atoms with E-state index >= 15 is 0 Å². The molecule has 0 saturated carbocycles. The van der Waals surface area contributed by atoms with Gasteiger partial charge in [-0.2, -0.15) is 10.2 Å². The summed E-state index contributed by atoms with van der Waals surface area (Å²) in [6.45, 7) is 4.06. The summed E-state index contributed by atoms with van der Waals surface area (Å²) in [5.41, 5.74) is 1.42.